The van der Waals surface area contributed by atoms with Crippen LogP contribution in [0.25, 0.3) is 0 Å². The second-order valence-electron chi connectivity index (χ2n) is 1.13. The van der Waals surface area contributed by atoms with Crippen LogP contribution >= 0.6 is 8.60 Å². The third-order valence-corrected chi connectivity index (χ3v) is 0.892. The van der Waals surface area contributed by atoms with Gasteiger partial charge in [0.05, 0.1) is 0 Å². The van der Waals surface area contributed by atoms with Gasteiger partial charge in [-0.1, -0.05) is 6.92 Å². The molecule has 0 atom stereocenters. The van der Waals surface area contributed by atoms with E-state index in [2.05, 4.69) is 9.84 Å². The summed E-state index contributed by atoms with van der Waals surface area (Å²) in [6, 6.07) is 0. The first kappa shape index (κ1) is 8.27. The smallest absolute Gasteiger partial charge is 0.328 e. The number of rotatable bonds is 4. The standard InChI is InChI=1S/C3H10NO3P/c1-2-4-3-7-8(5)6/h4-6H,2-3H2,1H3. The first-order valence-electron chi connectivity index (χ1n) is 2.29. The van der Waals surface area contributed by atoms with Gasteiger partial charge in [-0.3, -0.25) is 9.84 Å². The Morgan fingerprint density at radius 2 is 2.25 bits per heavy atom. The van der Waals surface area contributed by atoms with Gasteiger partial charge in [0.25, 0.3) is 0 Å². The fourth-order valence-electron chi connectivity index (χ4n) is 0.205. The molecule has 0 heterocycles. The summed E-state index contributed by atoms with van der Waals surface area (Å²) in [6.07, 6.45) is 0. The van der Waals surface area contributed by atoms with Crippen molar-refractivity contribution in [3.05, 3.63) is 0 Å². The quantitative estimate of drug-likeness (QED) is 0.286. The fourth-order valence-corrected chi connectivity index (χ4v) is 0.412. The van der Waals surface area contributed by atoms with Gasteiger partial charge in [-0.2, -0.15) is 0 Å². The summed E-state index contributed by atoms with van der Waals surface area (Å²) in [5.74, 6) is 0. The van der Waals surface area contributed by atoms with Gasteiger partial charge in [-0.15, -0.1) is 0 Å². The molecule has 0 amide bonds. The molecule has 5 heteroatoms. The molecule has 0 aliphatic rings. The van der Waals surface area contributed by atoms with Crippen LogP contribution in [0.3, 0.4) is 0 Å². The summed E-state index contributed by atoms with van der Waals surface area (Å²) in [5.41, 5.74) is 0. The van der Waals surface area contributed by atoms with Crippen molar-refractivity contribution in [2.45, 2.75) is 6.92 Å². The predicted octanol–water partition coefficient (Wildman–Crippen LogP) is -0.218. The van der Waals surface area contributed by atoms with E-state index >= 15 is 0 Å². The molecule has 3 N–H and O–H groups in total. The molecule has 0 aliphatic carbocycles. The van der Waals surface area contributed by atoms with E-state index in [0.717, 1.165) is 6.54 Å². The van der Waals surface area contributed by atoms with E-state index in [-0.39, 0.29) is 6.73 Å². The summed E-state index contributed by atoms with van der Waals surface area (Å²) in [5, 5.41) is 2.75. The highest BCUT2D eigenvalue weighted by molar-refractivity contribution is 7.39. The van der Waals surface area contributed by atoms with Crippen molar-refractivity contribution in [2.24, 2.45) is 0 Å². The Balaban J connectivity index is 2.72. The third-order valence-electron chi connectivity index (χ3n) is 0.532. The van der Waals surface area contributed by atoms with Crippen LogP contribution in [0.2, 0.25) is 0 Å². The summed E-state index contributed by atoms with van der Waals surface area (Å²) in [4.78, 5) is 16.3. The maximum Gasteiger partial charge on any atom is 0.328 e. The Kier molecular flexibility index (Phi) is 5.59. The average Bonchev–Trinajstić information content (AvgIpc) is 1.66. The topological polar surface area (TPSA) is 61.7 Å². The molecule has 4 nitrogen and oxygen atoms in total. The number of nitrogens with one attached hydrogen (secondary N) is 1. The van der Waals surface area contributed by atoms with Crippen molar-refractivity contribution in [2.75, 3.05) is 13.3 Å². The first-order valence-corrected chi connectivity index (χ1v) is 3.45. The summed E-state index contributed by atoms with van der Waals surface area (Å²) in [7, 11) is -2.17. The normalized spacial score (nSPS) is 10.5. The molecule has 0 bridgehead atoms. The minimum absolute atomic E-state index is 0.204. The van der Waals surface area contributed by atoms with Crippen molar-refractivity contribution in [3.8, 4) is 0 Å². The molecular weight excluding hydrogens is 129 g/mol. The second kappa shape index (κ2) is 5.41. The Morgan fingerprint density at radius 1 is 1.62 bits per heavy atom. The molecule has 0 aromatic rings. The lowest BCUT2D eigenvalue weighted by Gasteiger charge is -2.01. The molecular formula is C3H10NO3P. The number of hydrogen-bond acceptors (Lipinski definition) is 4. The molecule has 8 heavy (non-hydrogen) atoms. The van der Waals surface area contributed by atoms with Gasteiger partial charge in [-0.25, -0.2) is 0 Å². The Labute approximate surface area is 49.5 Å². The zero-order valence-electron chi connectivity index (χ0n) is 4.66. The van der Waals surface area contributed by atoms with Gasteiger partial charge in [0.15, 0.2) is 0 Å². The lowest BCUT2D eigenvalue weighted by molar-refractivity contribution is 0.236. The van der Waals surface area contributed by atoms with Crippen LogP contribution in [0.5, 0.6) is 0 Å². The van der Waals surface area contributed by atoms with Gasteiger partial charge in [0, 0.05) is 0 Å². The minimum atomic E-state index is -2.17. The van der Waals surface area contributed by atoms with Crippen molar-refractivity contribution in [3.63, 3.8) is 0 Å². The summed E-state index contributed by atoms with van der Waals surface area (Å²) < 4.78 is 4.35. The van der Waals surface area contributed by atoms with Crippen LogP contribution in [0.1, 0.15) is 6.92 Å². The van der Waals surface area contributed by atoms with Gasteiger partial charge in [0.1, 0.15) is 6.73 Å². The van der Waals surface area contributed by atoms with Crippen LogP contribution < -0.4 is 5.32 Å². The van der Waals surface area contributed by atoms with Gasteiger partial charge < -0.3 is 9.79 Å². The monoisotopic (exact) mass is 139 g/mol. The molecule has 0 saturated carbocycles. The van der Waals surface area contributed by atoms with Crippen LogP contribution in [0.15, 0.2) is 0 Å². The van der Waals surface area contributed by atoms with Crippen LogP contribution in [-0.2, 0) is 4.52 Å². The van der Waals surface area contributed by atoms with Crippen molar-refractivity contribution < 1.29 is 14.3 Å². The van der Waals surface area contributed by atoms with Crippen molar-refractivity contribution in [1.82, 2.24) is 5.32 Å². The highest BCUT2D eigenvalue weighted by atomic mass is 31.2. The molecule has 0 fully saturated rings. The second-order valence-corrected chi connectivity index (χ2v) is 1.89. The highest BCUT2D eigenvalue weighted by Crippen LogP contribution is 2.22. The Bertz CT molecular complexity index is 51.8. The van der Waals surface area contributed by atoms with Crippen LogP contribution in [-0.4, -0.2) is 23.1 Å². The third kappa shape index (κ3) is 6.27. The van der Waals surface area contributed by atoms with E-state index in [1.165, 1.54) is 0 Å². The van der Waals surface area contributed by atoms with Crippen LogP contribution in [0, 0.1) is 0 Å². The molecule has 0 radical (unpaired) electrons. The van der Waals surface area contributed by atoms with E-state index in [1.54, 1.807) is 0 Å². The fraction of sp³-hybridized carbons (Fsp3) is 1.00. The maximum absolute atomic E-state index is 8.14. The van der Waals surface area contributed by atoms with Crippen molar-refractivity contribution in [1.29, 1.82) is 0 Å². The molecule has 0 aromatic carbocycles. The predicted molar refractivity (Wildman–Crippen MR) is 31.0 cm³/mol. The lowest BCUT2D eigenvalue weighted by atomic mass is 10.8. The lowest BCUT2D eigenvalue weighted by Crippen LogP contribution is -2.14. The molecule has 0 saturated heterocycles. The van der Waals surface area contributed by atoms with Gasteiger partial charge in [0.2, 0.25) is 0 Å². The first-order chi connectivity index (χ1) is 3.77. The molecule has 0 spiro atoms. The molecule has 0 aliphatic heterocycles. The van der Waals surface area contributed by atoms with E-state index in [4.69, 9.17) is 9.79 Å². The molecule has 0 aromatic heterocycles. The Hall–Kier alpha value is 0.270. The van der Waals surface area contributed by atoms with E-state index in [9.17, 15) is 0 Å². The SMILES string of the molecule is CCNCOP(O)O. The van der Waals surface area contributed by atoms with Crippen LogP contribution in [0.4, 0.5) is 0 Å². The highest BCUT2D eigenvalue weighted by Gasteiger charge is 1.94. The van der Waals surface area contributed by atoms with E-state index in [1.807, 2.05) is 6.92 Å². The molecule has 0 unspecified atom stereocenters. The largest absolute Gasteiger partial charge is 0.328 e. The molecule has 0 rings (SSSR count). The summed E-state index contributed by atoms with van der Waals surface area (Å²) in [6.45, 7) is 2.87. The van der Waals surface area contributed by atoms with E-state index < -0.39 is 8.60 Å². The zero-order chi connectivity index (χ0) is 6.41. The summed E-state index contributed by atoms with van der Waals surface area (Å²) >= 11 is 0. The maximum atomic E-state index is 8.14. The van der Waals surface area contributed by atoms with Crippen molar-refractivity contribution >= 4 is 8.60 Å². The van der Waals surface area contributed by atoms with Gasteiger partial charge >= 0.3 is 8.60 Å². The molecule has 50 valence electrons. The Morgan fingerprint density at radius 3 is 2.62 bits per heavy atom. The van der Waals surface area contributed by atoms with E-state index in [0.29, 0.717) is 0 Å². The van der Waals surface area contributed by atoms with Gasteiger partial charge in [-0.05, 0) is 6.54 Å². The minimum Gasteiger partial charge on any atom is -0.328 e. The number of hydrogen-bond donors (Lipinski definition) is 3. The zero-order valence-corrected chi connectivity index (χ0v) is 5.56. The average molecular weight is 139 g/mol.